The molecule has 0 bridgehead atoms. The molecule has 0 N–H and O–H groups in total. The summed E-state index contributed by atoms with van der Waals surface area (Å²) in [6.07, 6.45) is 4.61. The van der Waals surface area contributed by atoms with Crippen LogP contribution in [0.3, 0.4) is 0 Å². The summed E-state index contributed by atoms with van der Waals surface area (Å²) >= 11 is 1.75. The zero-order valence-corrected chi connectivity index (χ0v) is 15.0. The van der Waals surface area contributed by atoms with Crippen molar-refractivity contribution in [3.63, 3.8) is 0 Å². The fourth-order valence-electron chi connectivity index (χ4n) is 3.75. The van der Waals surface area contributed by atoms with Crippen LogP contribution >= 0.6 is 11.3 Å². The van der Waals surface area contributed by atoms with E-state index in [0.717, 1.165) is 44.1 Å². The molecule has 2 aliphatic rings. The normalized spacial score (nSPS) is 25.8. The molecule has 1 unspecified atom stereocenters. The molecule has 2 aliphatic heterocycles. The molecular weight excluding hydrogens is 318 g/mol. The summed E-state index contributed by atoms with van der Waals surface area (Å²) in [7, 11) is -3.01. The molecule has 0 radical (unpaired) electrons. The van der Waals surface area contributed by atoms with Crippen molar-refractivity contribution in [1.82, 2.24) is 14.2 Å². The van der Waals surface area contributed by atoms with Crippen molar-refractivity contribution in [3.8, 4) is 0 Å². The summed E-state index contributed by atoms with van der Waals surface area (Å²) < 4.78 is 24.8. The van der Waals surface area contributed by atoms with Gasteiger partial charge >= 0.3 is 0 Å². The first-order valence-electron chi connectivity index (χ1n) is 8.00. The minimum atomic E-state index is -3.01. The van der Waals surface area contributed by atoms with Crippen molar-refractivity contribution >= 4 is 21.4 Å². The zero-order chi connectivity index (χ0) is 15.7. The summed E-state index contributed by atoms with van der Waals surface area (Å²) in [5.74, 6) is 1.42. The van der Waals surface area contributed by atoms with E-state index in [-0.39, 0.29) is 0 Å². The molecule has 2 fully saturated rings. The maximum atomic E-state index is 11.6. The minimum absolute atomic E-state index is 0.686. The highest BCUT2D eigenvalue weighted by molar-refractivity contribution is 7.88. The molecule has 124 valence electrons. The van der Waals surface area contributed by atoms with Gasteiger partial charge in [0.15, 0.2) is 0 Å². The fraction of sp³-hybridized carbons (Fsp3) is 0.800. The van der Waals surface area contributed by atoms with Crippen molar-refractivity contribution in [2.45, 2.75) is 32.7 Å². The SMILES string of the molecule is Cc1ncsc1CN1CCC(C2CCN(S(C)(=O)=O)CC2)C1. The van der Waals surface area contributed by atoms with Crippen LogP contribution < -0.4 is 0 Å². The molecule has 22 heavy (non-hydrogen) atoms. The second-order valence-electron chi connectivity index (χ2n) is 6.64. The van der Waals surface area contributed by atoms with E-state index >= 15 is 0 Å². The molecule has 3 rings (SSSR count). The number of aryl methyl sites for hydroxylation is 1. The van der Waals surface area contributed by atoms with Gasteiger partial charge in [0.05, 0.1) is 17.5 Å². The Balaban J connectivity index is 1.50. The Morgan fingerprint density at radius 2 is 1.91 bits per heavy atom. The predicted molar refractivity (Wildman–Crippen MR) is 89.4 cm³/mol. The van der Waals surface area contributed by atoms with Crippen molar-refractivity contribution in [3.05, 3.63) is 16.1 Å². The molecule has 1 atom stereocenters. The van der Waals surface area contributed by atoms with Crippen LogP contribution in [-0.4, -0.2) is 55.0 Å². The quantitative estimate of drug-likeness (QED) is 0.838. The van der Waals surface area contributed by atoms with E-state index in [1.807, 2.05) is 5.51 Å². The van der Waals surface area contributed by atoms with E-state index in [4.69, 9.17) is 0 Å². The molecular formula is C15H25N3O2S2. The van der Waals surface area contributed by atoms with Crippen LogP contribution in [0.4, 0.5) is 0 Å². The topological polar surface area (TPSA) is 53.5 Å². The average Bonchev–Trinajstić information content (AvgIpc) is 3.09. The number of thiazole rings is 1. The lowest BCUT2D eigenvalue weighted by molar-refractivity contribution is 0.202. The molecule has 0 aliphatic carbocycles. The first-order chi connectivity index (χ1) is 10.4. The maximum absolute atomic E-state index is 11.6. The Bertz CT molecular complexity index is 606. The van der Waals surface area contributed by atoms with Crippen LogP contribution in [0.15, 0.2) is 5.51 Å². The third kappa shape index (κ3) is 3.69. The van der Waals surface area contributed by atoms with Crippen molar-refractivity contribution < 1.29 is 8.42 Å². The zero-order valence-electron chi connectivity index (χ0n) is 13.4. The Kier molecular flexibility index (Phi) is 4.87. The van der Waals surface area contributed by atoms with Crippen LogP contribution in [0.2, 0.25) is 0 Å². The lowest BCUT2D eigenvalue weighted by atomic mass is 9.84. The highest BCUT2D eigenvalue weighted by atomic mass is 32.2. The average molecular weight is 344 g/mol. The number of hydrogen-bond donors (Lipinski definition) is 0. The van der Waals surface area contributed by atoms with Gasteiger partial charge in [0, 0.05) is 31.1 Å². The van der Waals surface area contributed by atoms with Crippen LogP contribution in [0.1, 0.15) is 29.8 Å². The first-order valence-corrected chi connectivity index (χ1v) is 10.7. The van der Waals surface area contributed by atoms with Gasteiger partial charge in [-0.05, 0) is 44.6 Å². The number of nitrogens with zero attached hydrogens (tertiary/aromatic N) is 3. The number of sulfonamides is 1. The third-order valence-corrected chi connectivity index (χ3v) is 7.38. The van der Waals surface area contributed by atoms with Gasteiger partial charge in [0.1, 0.15) is 0 Å². The second-order valence-corrected chi connectivity index (χ2v) is 9.57. The number of aromatic nitrogens is 1. The summed E-state index contributed by atoms with van der Waals surface area (Å²) in [6.45, 7) is 6.83. The van der Waals surface area contributed by atoms with Gasteiger partial charge in [-0.1, -0.05) is 0 Å². The van der Waals surface area contributed by atoms with Gasteiger partial charge in [-0.2, -0.15) is 0 Å². The molecule has 0 aromatic carbocycles. The Labute approximate surface area is 137 Å². The van der Waals surface area contributed by atoms with E-state index in [1.165, 1.54) is 17.6 Å². The molecule has 7 heteroatoms. The third-order valence-electron chi connectivity index (χ3n) is 5.16. The largest absolute Gasteiger partial charge is 0.298 e. The standard InChI is InChI=1S/C15H25N3O2S2/c1-12-15(21-11-16-12)10-17-6-3-14(9-17)13-4-7-18(8-5-13)22(2,19)20/h11,13-14H,3-10H2,1-2H3. The maximum Gasteiger partial charge on any atom is 0.211 e. The van der Waals surface area contributed by atoms with Gasteiger partial charge < -0.3 is 0 Å². The van der Waals surface area contributed by atoms with E-state index in [0.29, 0.717) is 19.0 Å². The minimum Gasteiger partial charge on any atom is -0.298 e. The molecule has 0 amide bonds. The number of hydrogen-bond acceptors (Lipinski definition) is 5. The molecule has 2 saturated heterocycles. The van der Waals surface area contributed by atoms with Gasteiger partial charge in [0.2, 0.25) is 10.0 Å². The fourth-order valence-corrected chi connectivity index (χ4v) is 5.44. The van der Waals surface area contributed by atoms with E-state index in [9.17, 15) is 8.42 Å². The molecule has 1 aromatic heterocycles. The summed E-state index contributed by atoms with van der Waals surface area (Å²) in [5.41, 5.74) is 3.09. The van der Waals surface area contributed by atoms with Crippen LogP contribution in [0.5, 0.6) is 0 Å². The van der Waals surface area contributed by atoms with Crippen molar-refractivity contribution in [2.24, 2.45) is 11.8 Å². The van der Waals surface area contributed by atoms with E-state index in [2.05, 4.69) is 16.8 Å². The Hall–Kier alpha value is -0.500. The van der Waals surface area contributed by atoms with Crippen molar-refractivity contribution in [1.29, 1.82) is 0 Å². The van der Waals surface area contributed by atoms with Gasteiger partial charge in [-0.25, -0.2) is 17.7 Å². The molecule has 5 nitrogen and oxygen atoms in total. The Morgan fingerprint density at radius 3 is 2.50 bits per heavy atom. The summed E-state index contributed by atoms with van der Waals surface area (Å²) in [6, 6.07) is 0. The van der Waals surface area contributed by atoms with Crippen LogP contribution in [0, 0.1) is 18.8 Å². The first kappa shape index (κ1) is 16.4. The van der Waals surface area contributed by atoms with E-state index in [1.54, 1.807) is 15.6 Å². The lowest BCUT2D eigenvalue weighted by Gasteiger charge is -2.33. The van der Waals surface area contributed by atoms with E-state index < -0.39 is 10.0 Å². The van der Waals surface area contributed by atoms with Crippen LogP contribution in [-0.2, 0) is 16.6 Å². The van der Waals surface area contributed by atoms with Gasteiger partial charge in [-0.15, -0.1) is 11.3 Å². The summed E-state index contributed by atoms with van der Waals surface area (Å²) in [4.78, 5) is 8.25. The Morgan fingerprint density at radius 1 is 1.23 bits per heavy atom. The van der Waals surface area contributed by atoms with Gasteiger partial charge in [-0.3, -0.25) is 4.90 Å². The smallest absolute Gasteiger partial charge is 0.211 e. The highest BCUT2D eigenvalue weighted by Crippen LogP contribution is 2.33. The molecule has 1 aromatic rings. The number of piperidine rings is 1. The monoisotopic (exact) mass is 343 g/mol. The summed E-state index contributed by atoms with van der Waals surface area (Å²) in [5, 5.41) is 0. The number of likely N-dealkylation sites (tertiary alicyclic amines) is 1. The number of rotatable bonds is 4. The molecule has 3 heterocycles. The highest BCUT2D eigenvalue weighted by Gasteiger charge is 2.33. The van der Waals surface area contributed by atoms with Gasteiger partial charge in [0.25, 0.3) is 0 Å². The van der Waals surface area contributed by atoms with Crippen LogP contribution in [0.25, 0.3) is 0 Å². The molecule has 0 saturated carbocycles. The molecule has 0 spiro atoms. The predicted octanol–water partition coefficient (Wildman–Crippen LogP) is 1.95. The lowest BCUT2D eigenvalue weighted by Crippen LogP contribution is -2.39. The van der Waals surface area contributed by atoms with Crippen molar-refractivity contribution in [2.75, 3.05) is 32.4 Å². The second kappa shape index (κ2) is 6.55.